The first kappa shape index (κ1) is 21.3. The van der Waals surface area contributed by atoms with E-state index in [-0.39, 0.29) is 6.04 Å². The van der Waals surface area contributed by atoms with Crippen LogP contribution in [0, 0.1) is 11.6 Å². The molecule has 0 unspecified atom stereocenters. The molecule has 0 saturated carbocycles. The first-order chi connectivity index (χ1) is 14.5. The van der Waals surface area contributed by atoms with Crippen molar-refractivity contribution in [2.75, 3.05) is 19.6 Å². The van der Waals surface area contributed by atoms with Gasteiger partial charge in [0.15, 0.2) is 0 Å². The molecule has 1 aliphatic rings. The molecule has 1 saturated heterocycles. The lowest BCUT2D eigenvalue weighted by molar-refractivity contribution is 0.0936. The second-order valence-corrected chi connectivity index (χ2v) is 8.51. The zero-order valence-electron chi connectivity index (χ0n) is 16.3. The summed E-state index contributed by atoms with van der Waals surface area (Å²) < 4.78 is 26.6. The summed E-state index contributed by atoms with van der Waals surface area (Å²) in [5, 5.41) is 4.91. The molecule has 1 N–H and O–H groups in total. The van der Waals surface area contributed by atoms with Crippen LogP contribution in [0.3, 0.4) is 0 Å². The minimum atomic E-state index is -0.534. The van der Waals surface area contributed by atoms with Gasteiger partial charge in [0.2, 0.25) is 0 Å². The summed E-state index contributed by atoms with van der Waals surface area (Å²) >= 11 is 12.1. The standard InChI is InChI=1S/C24H22Cl2F2N2/c25-19-5-1-17(2-6-19)24(18-3-7-20(26)8-4-18)30-14-23(15-30)29-10-9-16-11-21(27)13-22(28)12-16/h1-8,11-13,23-24,29H,9-10,14-15H2. The van der Waals surface area contributed by atoms with Gasteiger partial charge in [-0.25, -0.2) is 8.78 Å². The molecule has 30 heavy (non-hydrogen) atoms. The van der Waals surface area contributed by atoms with Crippen LogP contribution in [0.5, 0.6) is 0 Å². The van der Waals surface area contributed by atoms with Crippen molar-refractivity contribution in [1.82, 2.24) is 10.2 Å². The van der Waals surface area contributed by atoms with Gasteiger partial charge in [-0.05, 0) is 66.1 Å². The number of halogens is 4. The maximum absolute atomic E-state index is 13.3. The number of hydrogen-bond donors (Lipinski definition) is 1. The fourth-order valence-electron chi connectivity index (χ4n) is 3.93. The van der Waals surface area contributed by atoms with E-state index in [1.807, 2.05) is 24.3 Å². The first-order valence-electron chi connectivity index (χ1n) is 9.91. The lowest BCUT2D eigenvalue weighted by Crippen LogP contribution is -2.59. The van der Waals surface area contributed by atoms with Gasteiger partial charge in [0, 0.05) is 35.2 Å². The third kappa shape index (κ3) is 5.19. The Kier molecular flexibility index (Phi) is 6.69. The Morgan fingerprint density at radius 2 is 1.33 bits per heavy atom. The molecule has 4 rings (SSSR count). The van der Waals surface area contributed by atoms with E-state index >= 15 is 0 Å². The molecule has 0 aliphatic carbocycles. The summed E-state index contributed by atoms with van der Waals surface area (Å²) in [6.07, 6.45) is 0.586. The quantitative estimate of drug-likeness (QED) is 0.487. The van der Waals surface area contributed by atoms with E-state index in [0.29, 0.717) is 34.6 Å². The van der Waals surface area contributed by atoms with Crippen LogP contribution in [0.15, 0.2) is 66.7 Å². The molecule has 1 aliphatic heterocycles. The molecule has 6 heteroatoms. The van der Waals surface area contributed by atoms with E-state index in [1.165, 1.54) is 23.3 Å². The monoisotopic (exact) mass is 446 g/mol. The number of benzene rings is 3. The molecule has 1 fully saturated rings. The predicted molar refractivity (Wildman–Crippen MR) is 118 cm³/mol. The van der Waals surface area contributed by atoms with Gasteiger partial charge in [-0.1, -0.05) is 47.5 Å². The maximum Gasteiger partial charge on any atom is 0.126 e. The lowest BCUT2D eigenvalue weighted by Gasteiger charge is -2.45. The van der Waals surface area contributed by atoms with Crippen molar-refractivity contribution in [1.29, 1.82) is 0 Å². The van der Waals surface area contributed by atoms with Crippen molar-refractivity contribution in [3.8, 4) is 0 Å². The Balaban J connectivity index is 1.38. The second-order valence-electron chi connectivity index (χ2n) is 7.64. The van der Waals surface area contributed by atoms with Crippen molar-refractivity contribution in [2.45, 2.75) is 18.5 Å². The summed E-state index contributed by atoms with van der Waals surface area (Å²) in [4.78, 5) is 2.39. The van der Waals surface area contributed by atoms with Crippen LogP contribution < -0.4 is 5.32 Å². The van der Waals surface area contributed by atoms with Crippen molar-refractivity contribution in [2.24, 2.45) is 0 Å². The van der Waals surface area contributed by atoms with Gasteiger partial charge in [-0.15, -0.1) is 0 Å². The van der Waals surface area contributed by atoms with E-state index in [9.17, 15) is 8.78 Å². The highest BCUT2D eigenvalue weighted by molar-refractivity contribution is 6.30. The molecule has 0 atom stereocenters. The zero-order valence-corrected chi connectivity index (χ0v) is 17.8. The summed E-state index contributed by atoms with van der Waals surface area (Å²) in [6, 6.07) is 20.0. The molecule has 0 amide bonds. The highest BCUT2D eigenvalue weighted by atomic mass is 35.5. The average Bonchev–Trinajstić information content (AvgIpc) is 2.67. The van der Waals surface area contributed by atoms with Crippen molar-refractivity contribution < 1.29 is 8.78 Å². The van der Waals surface area contributed by atoms with Crippen LogP contribution in [0.4, 0.5) is 8.78 Å². The number of nitrogens with zero attached hydrogens (tertiary/aromatic N) is 1. The largest absolute Gasteiger partial charge is 0.311 e. The van der Waals surface area contributed by atoms with Crippen LogP contribution in [0.2, 0.25) is 10.0 Å². The van der Waals surface area contributed by atoms with E-state index < -0.39 is 11.6 Å². The summed E-state index contributed by atoms with van der Waals surface area (Å²) in [5.41, 5.74) is 3.02. The second kappa shape index (κ2) is 9.44. The molecule has 0 bridgehead atoms. The van der Waals surface area contributed by atoms with E-state index in [4.69, 9.17) is 23.2 Å². The third-order valence-electron chi connectivity index (χ3n) is 5.42. The summed E-state index contributed by atoms with van der Waals surface area (Å²) in [5.74, 6) is -1.07. The molecule has 3 aromatic carbocycles. The van der Waals surface area contributed by atoms with E-state index in [0.717, 1.165) is 19.2 Å². The van der Waals surface area contributed by atoms with Gasteiger partial charge < -0.3 is 5.32 Å². The highest BCUT2D eigenvalue weighted by Crippen LogP contribution is 2.33. The third-order valence-corrected chi connectivity index (χ3v) is 5.92. The SMILES string of the molecule is Fc1cc(F)cc(CCNC2CN(C(c3ccc(Cl)cc3)c3ccc(Cl)cc3)C2)c1. The number of nitrogens with one attached hydrogen (secondary N) is 1. The lowest BCUT2D eigenvalue weighted by atomic mass is 9.93. The van der Waals surface area contributed by atoms with E-state index in [1.54, 1.807) is 0 Å². The fraction of sp³-hybridized carbons (Fsp3) is 0.250. The topological polar surface area (TPSA) is 15.3 Å². The van der Waals surface area contributed by atoms with Crippen LogP contribution >= 0.6 is 23.2 Å². The highest BCUT2D eigenvalue weighted by Gasteiger charge is 2.33. The van der Waals surface area contributed by atoms with Crippen LogP contribution in [0.25, 0.3) is 0 Å². The van der Waals surface area contributed by atoms with Gasteiger partial charge in [0.25, 0.3) is 0 Å². The van der Waals surface area contributed by atoms with Crippen LogP contribution in [-0.2, 0) is 6.42 Å². The minimum absolute atomic E-state index is 0.120. The Labute approximate surface area is 185 Å². The van der Waals surface area contributed by atoms with Crippen molar-refractivity contribution >= 4 is 23.2 Å². The molecule has 156 valence electrons. The number of likely N-dealkylation sites (tertiary alicyclic amines) is 1. The Hall–Kier alpha value is -1.98. The van der Waals surface area contributed by atoms with E-state index in [2.05, 4.69) is 34.5 Å². The van der Waals surface area contributed by atoms with Gasteiger partial charge >= 0.3 is 0 Å². The molecule has 0 aromatic heterocycles. The maximum atomic E-state index is 13.3. The number of rotatable bonds is 7. The normalized spacial score (nSPS) is 14.8. The molecular formula is C24H22Cl2F2N2. The molecule has 3 aromatic rings. The van der Waals surface area contributed by atoms with Gasteiger partial charge in [-0.2, -0.15) is 0 Å². The number of hydrogen-bond acceptors (Lipinski definition) is 2. The average molecular weight is 447 g/mol. The predicted octanol–water partition coefficient (Wildman–Crippen LogP) is 5.88. The Morgan fingerprint density at radius 1 is 0.833 bits per heavy atom. The summed E-state index contributed by atoms with van der Waals surface area (Å²) in [7, 11) is 0. The van der Waals surface area contributed by atoms with Crippen molar-refractivity contribution in [3.05, 3.63) is 105 Å². The van der Waals surface area contributed by atoms with Gasteiger partial charge in [0.1, 0.15) is 11.6 Å². The molecule has 2 nitrogen and oxygen atoms in total. The molecule has 0 spiro atoms. The minimum Gasteiger partial charge on any atom is -0.311 e. The van der Waals surface area contributed by atoms with Gasteiger partial charge in [0.05, 0.1) is 6.04 Å². The van der Waals surface area contributed by atoms with Crippen LogP contribution in [-0.4, -0.2) is 30.6 Å². The van der Waals surface area contributed by atoms with Crippen molar-refractivity contribution in [3.63, 3.8) is 0 Å². The smallest absolute Gasteiger partial charge is 0.126 e. The zero-order chi connectivity index (χ0) is 21.1. The van der Waals surface area contributed by atoms with Gasteiger partial charge in [-0.3, -0.25) is 4.90 Å². The Bertz CT molecular complexity index is 921. The molecular weight excluding hydrogens is 425 g/mol. The summed E-state index contributed by atoms with van der Waals surface area (Å²) in [6.45, 7) is 2.44. The first-order valence-corrected chi connectivity index (χ1v) is 10.7. The Morgan fingerprint density at radius 3 is 1.83 bits per heavy atom. The fourth-order valence-corrected chi connectivity index (χ4v) is 4.18. The van der Waals surface area contributed by atoms with Crippen LogP contribution in [0.1, 0.15) is 22.7 Å². The molecule has 1 heterocycles. The molecule has 0 radical (unpaired) electrons.